The molecular weight excluding hydrogens is 474 g/mol. The van der Waals surface area contributed by atoms with Gasteiger partial charge in [-0.1, -0.05) is 22.4 Å². The minimum absolute atomic E-state index is 0.0741. The third-order valence-electron chi connectivity index (χ3n) is 6.28. The molecule has 4 aromatic rings. The monoisotopic (exact) mass is 495 g/mol. The van der Waals surface area contributed by atoms with E-state index in [0.717, 1.165) is 29.2 Å². The van der Waals surface area contributed by atoms with Gasteiger partial charge in [-0.05, 0) is 62.7 Å². The maximum Gasteiger partial charge on any atom is 0.344 e. The highest BCUT2D eigenvalue weighted by molar-refractivity contribution is 9.10. The summed E-state index contributed by atoms with van der Waals surface area (Å²) in [6.07, 6.45) is 3.37. The summed E-state index contributed by atoms with van der Waals surface area (Å²) in [4.78, 5) is 27.6. The molecule has 1 aliphatic rings. The number of hydrogen-bond acceptors (Lipinski definition) is 6. The minimum atomic E-state index is -0.584. The van der Waals surface area contributed by atoms with Crippen LogP contribution in [0.15, 0.2) is 65.4 Å². The normalized spacial score (nSPS) is 17.2. The summed E-state index contributed by atoms with van der Waals surface area (Å²) < 4.78 is 11.9. The molecule has 1 fully saturated rings. The summed E-state index contributed by atoms with van der Waals surface area (Å²) in [6.45, 7) is 3.56. The van der Waals surface area contributed by atoms with E-state index in [1.165, 1.54) is 12.5 Å². The van der Waals surface area contributed by atoms with Crippen LogP contribution in [-0.4, -0.2) is 22.6 Å². The summed E-state index contributed by atoms with van der Waals surface area (Å²) >= 11 is 3.44. The molecule has 7 heteroatoms. The van der Waals surface area contributed by atoms with Crippen molar-refractivity contribution < 1.29 is 13.9 Å². The molecule has 1 aliphatic heterocycles. The molecule has 6 nitrogen and oxygen atoms in total. The van der Waals surface area contributed by atoms with E-state index in [1.54, 1.807) is 30.3 Å². The zero-order valence-corrected chi connectivity index (χ0v) is 19.1. The van der Waals surface area contributed by atoms with Crippen molar-refractivity contribution in [2.75, 3.05) is 6.54 Å². The third-order valence-corrected chi connectivity index (χ3v) is 6.77. The number of phenols is 1. The van der Waals surface area contributed by atoms with Crippen molar-refractivity contribution in [3.05, 3.63) is 73.3 Å². The highest BCUT2D eigenvalue weighted by Crippen LogP contribution is 2.35. The Kier molecular flexibility index (Phi) is 5.39. The molecule has 2 aromatic heterocycles. The van der Waals surface area contributed by atoms with Crippen LogP contribution in [0.3, 0.4) is 0 Å². The van der Waals surface area contributed by atoms with Crippen molar-refractivity contribution in [3.8, 4) is 16.9 Å². The number of fused-ring (bicyclic) bond motifs is 2. The molecule has 1 atom stereocenters. The molecule has 0 unspecified atom stereocenters. The van der Waals surface area contributed by atoms with Gasteiger partial charge in [-0.15, -0.1) is 0 Å². The molecule has 0 spiro atoms. The largest absolute Gasteiger partial charge is 0.507 e. The molecule has 164 valence electrons. The predicted octanol–water partition coefficient (Wildman–Crippen LogP) is 5.41. The van der Waals surface area contributed by atoms with Crippen LogP contribution in [0, 0.1) is 0 Å². The standard InChI is InChI=1S/C25H22BrNO5/c1-14-4-2-3-9-27(14)13-20-21(28)7-6-17-18(12-23(29)32-24(17)20)19-11-15-10-16(26)5-8-22(15)31-25(19)30/h5-8,10-12,14,28H,2-4,9,13H2,1H3/t14-/m0/s1. The fourth-order valence-corrected chi connectivity index (χ4v) is 4.90. The van der Waals surface area contributed by atoms with Gasteiger partial charge >= 0.3 is 11.3 Å². The van der Waals surface area contributed by atoms with Crippen LogP contribution in [0.1, 0.15) is 31.7 Å². The highest BCUT2D eigenvalue weighted by atomic mass is 79.9. The van der Waals surface area contributed by atoms with Gasteiger partial charge in [-0.2, -0.15) is 0 Å². The zero-order valence-electron chi connectivity index (χ0n) is 17.6. The summed E-state index contributed by atoms with van der Waals surface area (Å²) in [5.41, 5.74) is 0.913. The number of likely N-dealkylation sites (tertiary alicyclic amines) is 1. The number of benzene rings is 2. The van der Waals surface area contributed by atoms with Gasteiger partial charge in [0.25, 0.3) is 0 Å². The van der Waals surface area contributed by atoms with E-state index in [-0.39, 0.29) is 11.3 Å². The molecule has 1 saturated heterocycles. The first-order valence-corrected chi connectivity index (χ1v) is 11.5. The predicted molar refractivity (Wildman–Crippen MR) is 127 cm³/mol. The molecule has 5 rings (SSSR count). The Bertz CT molecular complexity index is 1450. The highest BCUT2D eigenvalue weighted by Gasteiger charge is 2.23. The van der Waals surface area contributed by atoms with Crippen LogP contribution in [0.25, 0.3) is 33.1 Å². The van der Waals surface area contributed by atoms with Gasteiger partial charge in [0.2, 0.25) is 0 Å². The van der Waals surface area contributed by atoms with E-state index in [1.807, 2.05) is 6.07 Å². The second-order valence-electron chi connectivity index (χ2n) is 8.36. The van der Waals surface area contributed by atoms with E-state index in [2.05, 4.69) is 27.8 Å². The first-order chi connectivity index (χ1) is 15.4. The molecule has 2 aromatic carbocycles. The van der Waals surface area contributed by atoms with E-state index in [9.17, 15) is 14.7 Å². The number of phenolic OH excluding ortho intramolecular Hbond substituents is 1. The molecule has 0 saturated carbocycles. The van der Waals surface area contributed by atoms with Gasteiger partial charge in [0.1, 0.15) is 16.9 Å². The Balaban J connectivity index is 1.72. The summed E-state index contributed by atoms with van der Waals surface area (Å²) in [5, 5.41) is 11.9. The van der Waals surface area contributed by atoms with Gasteiger partial charge in [0.05, 0.1) is 11.1 Å². The Labute approximate surface area is 192 Å². The molecule has 0 amide bonds. The molecule has 0 bridgehead atoms. The number of hydrogen-bond donors (Lipinski definition) is 1. The molecule has 3 heterocycles. The van der Waals surface area contributed by atoms with Crippen molar-refractivity contribution in [3.63, 3.8) is 0 Å². The lowest BCUT2D eigenvalue weighted by Crippen LogP contribution is -2.36. The maximum absolute atomic E-state index is 12.8. The van der Waals surface area contributed by atoms with Crippen LogP contribution >= 0.6 is 15.9 Å². The first-order valence-electron chi connectivity index (χ1n) is 10.7. The smallest absolute Gasteiger partial charge is 0.344 e. The molecule has 32 heavy (non-hydrogen) atoms. The van der Waals surface area contributed by atoms with Crippen LogP contribution < -0.4 is 11.3 Å². The summed E-state index contributed by atoms with van der Waals surface area (Å²) in [5.74, 6) is 0.0741. The minimum Gasteiger partial charge on any atom is -0.507 e. The van der Waals surface area contributed by atoms with Crippen LogP contribution in [0.2, 0.25) is 0 Å². The van der Waals surface area contributed by atoms with Crippen LogP contribution in [0.4, 0.5) is 0 Å². The van der Waals surface area contributed by atoms with Crippen molar-refractivity contribution in [2.24, 2.45) is 0 Å². The van der Waals surface area contributed by atoms with Crippen molar-refractivity contribution >= 4 is 37.9 Å². The molecule has 1 N–H and O–H groups in total. The fraction of sp³-hybridized carbons (Fsp3) is 0.280. The van der Waals surface area contributed by atoms with Crippen molar-refractivity contribution in [1.82, 2.24) is 4.90 Å². The summed E-state index contributed by atoms with van der Waals surface area (Å²) in [7, 11) is 0. The van der Waals surface area contributed by atoms with E-state index in [0.29, 0.717) is 40.3 Å². The number of aromatic hydroxyl groups is 1. The lowest BCUT2D eigenvalue weighted by atomic mass is 9.98. The van der Waals surface area contributed by atoms with E-state index >= 15 is 0 Å². The second kappa shape index (κ2) is 8.22. The number of rotatable bonds is 3. The van der Waals surface area contributed by atoms with Gasteiger partial charge in [0, 0.05) is 39.5 Å². The first kappa shape index (κ1) is 21.0. The van der Waals surface area contributed by atoms with Gasteiger partial charge < -0.3 is 13.9 Å². The van der Waals surface area contributed by atoms with Gasteiger partial charge in [-0.3, -0.25) is 4.90 Å². The lowest BCUT2D eigenvalue weighted by Gasteiger charge is -2.33. The Morgan fingerprint density at radius 2 is 1.91 bits per heavy atom. The van der Waals surface area contributed by atoms with E-state index < -0.39 is 11.3 Å². The van der Waals surface area contributed by atoms with Gasteiger partial charge in [-0.25, -0.2) is 9.59 Å². The third kappa shape index (κ3) is 3.76. The summed E-state index contributed by atoms with van der Waals surface area (Å²) in [6, 6.07) is 12.0. The quantitative estimate of drug-likeness (QED) is 0.382. The Morgan fingerprint density at radius 3 is 2.72 bits per heavy atom. The Morgan fingerprint density at radius 1 is 1.06 bits per heavy atom. The Hall–Kier alpha value is -2.90. The fourth-order valence-electron chi connectivity index (χ4n) is 4.53. The average molecular weight is 496 g/mol. The lowest BCUT2D eigenvalue weighted by molar-refractivity contribution is 0.151. The number of piperidine rings is 1. The average Bonchev–Trinajstić information content (AvgIpc) is 2.76. The topological polar surface area (TPSA) is 83.9 Å². The van der Waals surface area contributed by atoms with Crippen LogP contribution in [-0.2, 0) is 6.54 Å². The van der Waals surface area contributed by atoms with Crippen LogP contribution in [0.5, 0.6) is 5.75 Å². The maximum atomic E-state index is 12.8. The van der Waals surface area contributed by atoms with Crippen molar-refractivity contribution in [2.45, 2.75) is 38.8 Å². The SMILES string of the molecule is C[C@H]1CCCCN1Cc1c(O)ccc2c(-c3cc4cc(Br)ccc4oc3=O)cc(=O)oc12. The second-order valence-corrected chi connectivity index (χ2v) is 9.28. The van der Waals surface area contributed by atoms with Gasteiger partial charge in [0.15, 0.2) is 0 Å². The molecular formula is C25H22BrNO5. The van der Waals surface area contributed by atoms with Crippen molar-refractivity contribution in [1.29, 1.82) is 0 Å². The zero-order chi connectivity index (χ0) is 22.4. The number of halogens is 1. The molecule has 0 aliphatic carbocycles. The molecule has 0 radical (unpaired) electrons. The number of nitrogens with zero attached hydrogens (tertiary/aromatic N) is 1. The van der Waals surface area contributed by atoms with E-state index in [4.69, 9.17) is 8.83 Å².